The number of nitrogen functional groups attached to an aromatic ring is 3. The Balaban J connectivity index is 0.000000549. The van der Waals surface area contributed by atoms with Gasteiger partial charge >= 0.3 is 18.5 Å². The Kier molecular flexibility index (Phi) is 12.4. The zero-order chi connectivity index (χ0) is 29.8. The van der Waals surface area contributed by atoms with E-state index in [9.17, 15) is 39.5 Å². The van der Waals surface area contributed by atoms with Gasteiger partial charge in [-0.3, -0.25) is 0 Å². The van der Waals surface area contributed by atoms with Crippen LogP contribution in [0, 0.1) is 20.8 Å². The standard InChI is InChI=1S/2C8H7ClF3N.C8H8F3N.CH4/c1-4-2-5(8(10,11)12)3-6(13)7(4)9;1-4-2-5(8(10,11)12)7(9)6(13)3-4;1-5-2-6(8(9,10)11)4-7(12)3-5;/h2*2-3H,13H2,1H3;2-4H,12H2,1H3;1H4. The fraction of sp³-hybridized carbons (Fsp3) is 0.280. The highest BCUT2D eigenvalue weighted by molar-refractivity contribution is 6.34. The Labute approximate surface area is 229 Å². The van der Waals surface area contributed by atoms with Crippen molar-refractivity contribution in [3.63, 3.8) is 0 Å². The quantitative estimate of drug-likeness (QED) is 0.175. The number of aryl methyl sites for hydroxylation is 3. The summed E-state index contributed by atoms with van der Waals surface area (Å²) in [6.45, 7) is 4.58. The lowest BCUT2D eigenvalue weighted by Gasteiger charge is -2.11. The maximum Gasteiger partial charge on any atom is 0.417 e. The molecule has 0 heterocycles. The molecule has 3 aromatic rings. The largest absolute Gasteiger partial charge is 0.417 e. The van der Waals surface area contributed by atoms with Gasteiger partial charge in [0, 0.05) is 5.69 Å². The molecule has 0 saturated heterocycles. The predicted molar refractivity (Wildman–Crippen MR) is 139 cm³/mol. The number of nitrogens with two attached hydrogens (primary N) is 3. The summed E-state index contributed by atoms with van der Waals surface area (Å²) in [5.74, 6) is 0. The molecule has 3 nitrogen and oxygen atoms in total. The molecular formula is C25H26Cl2F9N3. The Bertz CT molecular complexity index is 1230. The van der Waals surface area contributed by atoms with Gasteiger partial charge in [-0.2, -0.15) is 39.5 Å². The molecule has 0 amide bonds. The minimum absolute atomic E-state index is 0. The van der Waals surface area contributed by atoms with E-state index in [4.69, 9.17) is 40.4 Å². The molecule has 0 spiro atoms. The van der Waals surface area contributed by atoms with E-state index < -0.39 is 40.2 Å². The maximum absolute atomic E-state index is 12.3. The van der Waals surface area contributed by atoms with Gasteiger partial charge in [0.15, 0.2) is 0 Å². The van der Waals surface area contributed by atoms with Gasteiger partial charge in [0.05, 0.1) is 38.1 Å². The molecule has 3 rings (SSSR count). The number of hydrogen-bond acceptors (Lipinski definition) is 3. The Morgan fingerprint density at radius 1 is 0.538 bits per heavy atom. The fourth-order valence-corrected chi connectivity index (χ4v) is 3.27. The van der Waals surface area contributed by atoms with Gasteiger partial charge in [0.25, 0.3) is 0 Å². The molecule has 0 unspecified atom stereocenters. The lowest BCUT2D eigenvalue weighted by molar-refractivity contribution is -0.138. The second-order valence-electron chi connectivity index (χ2n) is 8.04. The van der Waals surface area contributed by atoms with Crippen molar-refractivity contribution in [3.8, 4) is 0 Å². The van der Waals surface area contributed by atoms with E-state index in [0.29, 0.717) is 16.7 Å². The van der Waals surface area contributed by atoms with Crippen LogP contribution >= 0.6 is 23.2 Å². The smallest absolute Gasteiger partial charge is 0.399 e. The van der Waals surface area contributed by atoms with Gasteiger partial charge in [0.1, 0.15) is 0 Å². The van der Waals surface area contributed by atoms with Gasteiger partial charge in [-0.15, -0.1) is 0 Å². The zero-order valence-electron chi connectivity index (χ0n) is 19.9. The highest BCUT2D eigenvalue weighted by Gasteiger charge is 2.34. The third kappa shape index (κ3) is 11.0. The van der Waals surface area contributed by atoms with Crippen LogP contribution in [0.1, 0.15) is 40.8 Å². The molecule has 218 valence electrons. The predicted octanol–water partition coefficient (Wildman–Crippen LogP) is 9.73. The van der Waals surface area contributed by atoms with Crippen molar-refractivity contribution in [2.45, 2.75) is 46.7 Å². The van der Waals surface area contributed by atoms with Crippen molar-refractivity contribution in [2.24, 2.45) is 0 Å². The Morgan fingerprint density at radius 3 is 1.38 bits per heavy atom. The van der Waals surface area contributed by atoms with Crippen LogP contribution in [0.2, 0.25) is 10.0 Å². The number of anilines is 3. The van der Waals surface area contributed by atoms with E-state index in [0.717, 1.165) is 30.3 Å². The molecule has 0 fully saturated rings. The first-order valence-electron chi connectivity index (χ1n) is 10.2. The van der Waals surface area contributed by atoms with E-state index in [1.54, 1.807) is 6.92 Å². The summed E-state index contributed by atoms with van der Waals surface area (Å²) in [6, 6.07) is 7.66. The van der Waals surface area contributed by atoms with Crippen LogP contribution in [0.15, 0.2) is 42.5 Å². The molecule has 0 radical (unpaired) electrons. The second kappa shape index (κ2) is 13.4. The van der Waals surface area contributed by atoms with Crippen LogP contribution in [0.4, 0.5) is 56.6 Å². The number of benzene rings is 3. The summed E-state index contributed by atoms with van der Waals surface area (Å²) in [5.41, 5.74) is 14.8. The Morgan fingerprint density at radius 2 is 0.974 bits per heavy atom. The summed E-state index contributed by atoms with van der Waals surface area (Å²) in [5, 5.41) is -0.258. The molecule has 0 aliphatic rings. The van der Waals surface area contributed by atoms with Crippen molar-refractivity contribution >= 4 is 40.3 Å². The molecule has 14 heteroatoms. The molecule has 0 bridgehead atoms. The third-order valence-corrected chi connectivity index (χ3v) is 5.53. The summed E-state index contributed by atoms with van der Waals surface area (Å²) in [6.07, 6.45) is -13.1. The summed E-state index contributed by atoms with van der Waals surface area (Å²) in [7, 11) is 0. The van der Waals surface area contributed by atoms with Crippen LogP contribution in [-0.4, -0.2) is 0 Å². The van der Waals surface area contributed by atoms with Crippen LogP contribution < -0.4 is 17.2 Å². The van der Waals surface area contributed by atoms with Gasteiger partial charge in [-0.05, 0) is 79.9 Å². The van der Waals surface area contributed by atoms with Crippen LogP contribution in [0.3, 0.4) is 0 Å². The first-order valence-corrected chi connectivity index (χ1v) is 11.0. The molecular weight excluding hydrogens is 584 g/mol. The highest BCUT2D eigenvalue weighted by atomic mass is 35.5. The minimum Gasteiger partial charge on any atom is -0.399 e. The number of hydrogen-bond donors (Lipinski definition) is 3. The van der Waals surface area contributed by atoms with Crippen LogP contribution in [0.25, 0.3) is 0 Å². The molecule has 39 heavy (non-hydrogen) atoms. The SMILES string of the molecule is C.Cc1cc(C(F)(F)F)cc(N)c1Cl.Cc1cc(N)c(Cl)c(C(F)(F)F)c1.Cc1cc(N)cc(C(F)(F)F)c1. The van der Waals surface area contributed by atoms with Crippen molar-refractivity contribution in [2.75, 3.05) is 17.2 Å². The lowest BCUT2D eigenvalue weighted by Crippen LogP contribution is -2.07. The van der Waals surface area contributed by atoms with E-state index in [-0.39, 0.29) is 29.5 Å². The number of alkyl halides is 9. The van der Waals surface area contributed by atoms with Crippen LogP contribution in [0.5, 0.6) is 0 Å². The lowest BCUT2D eigenvalue weighted by atomic mass is 10.1. The van der Waals surface area contributed by atoms with E-state index >= 15 is 0 Å². The van der Waals surface area contributed by atoms with Crippen molar-refractivity contribution < 1.29 is 39.5 Å². The van der Waals surface area contributed by atoms with Gasteiger partial charge in [-0.1, -0.05) is 30.6 Å². The molecule has 0 atom stereocenters. The van der Waals surface area contributed by atoms with Gasteiger partial charge in [-0.25, -0.2) is 0 Å². The van der Waals surface area contributed by atoms with Crippen molar-refractivity contribution in [3.05, 3.63) is 85.9 Å². The maximum atomic E-state index is 12.3. The summed E-state index contributed by atoms with van der Waals surface area (Å²) in [4.78, 5) is 0. The number of rotatable bonds is 0. The highest BCUT2D eigenvalue weighted by Crippen LogP contribution is 2.38. The minimum atomic E-state index is -4.45. The third-order valence-electron chi connectivity index (χ3n) is 4.59. The molecule has 0 aliphatic carbocycles. The zero-order valence-corrected chi connectivity index (χ0v) is 21.4. The normalized spacial score (nSPS) is 11.4. The molecule has 0 saturated carbocycles. The molecule has 6 N–H and O–H groups in total. The van der Waals surface area contributed by atoms with E-state index in [1.807, 2.05) is 0 Å². The fourth-order valence-electron chi connectivity index (χ4n) is 2.94. The van der Waals surface area contributed by atoms with Gasteiger partial charge in [0.2, 0.25) is 0 Å². The van der Waals surface area contributed by atoms with E-state index in [2.05, 4.69) is 0 Å². The summed E-state index contributed by atoms with van der Waals surface area (Å²) < 4.78 is 110. The number of halogens is 11. The monoisotopic (exact) mass is 609 g/mol. The van der Waals surface area contributed by atoms with E-state index in [1.165, 1.54) is 26.0 Å². The van der Waals surface area contributed by atoms with Crippen LogP contribution in [-0.2, 0) is 18.5 Å². The first kappa shape index (κ1) is 36.0. The molecule has 0 aromatic heterocycles. The molecule has 0 aliphatic heterocycles. The average molecular weight is 610 g/mol. The van der Waals surface area contributed by atoms with Crippen molar-refractivity contribution in [1.29, 1.82) is 0 Å². The Hall–Kier alpha value is -2.99. The summed E-state index contributed by atoms with van der Waals surface area (Å²) >= 11 is 11.0. The molecule has 3 aromatic carbocycles. The topological polar surface area (TPSA) is 78.1 Å². The first-order chi connectivity index (χ1) is 17.0. The average Bonchev–Trinajstić information content (AvgIpc) is 2.72. The van der Waals surface area contributed by atoms with Crippen molar-refractivity contribution in [1.82, 2.24) is 0 Å². The second-order valence-corrected chi connectivity index (χ2v) is 8.79. The van der Waals surface area contributed by atoms with Gasteiger partial charge < -0.3 is 17.2 Å².